The molecule has 0 spiro atoms. The molecule has 1 unspecified atom stereocenters. The topological polar surface area (TPSA) is 27.0 Å². The Morgan fingerprint density at radius 1 is 1.29 bits per heavy atom. The number of rotatable bonds is 1. The zero-order chi connectivity index (χ0) is 10.2. The number of nitrogens with zero attached hydrogens (tertiary/aromatic N) is 2. The second-order valence-corrected chi connectivity index (χ2v) is 5.43. The van der Waals surface area contributed by atoms with Crippen molar-refractivity contribution in [2.75, 3.05) is 6.54 Å². The standard InChI is InChI=1S/C12H20N2/c1-12(2)7-10(8-13)9-14(12)11-5-3-4-6-11/h10-11H,3-7,9H2,1-2H3. The van der Waals surface area contributed by atoms with Gasteiger partial charge in [0.25, 0.3) is 0 Å². The molecule has 14 heavy (non-hydrogen) atoms. The van der Waals surface area contributed by atoms with Crippen molar-refractivity contribution in [3.63, 3.8) is 0 Å². The molecule has 2 heteroatoms. The molecular formula is C12H20N2. The first kappa shape index (κ1) is 9.98. The van der Waals surface area contributed by atoms with Crippen molar-refractivity contribution in [1.82, 2.24) is 4.90 Å². The Kier molecular flexibility index (Phi) is 2.53. The highest BCUT2D eigenvalue weighted by Crippen LogP contribution is 2.38. The lowest BCUT2D eigenvalue weighted by Crippen LogP contribution is -2.44. The van der Waals surface area contributed by atoms with E-state index in [-0.39, 0.29) is 11.5 Å². The minimum absolute atomic E-state index is 0.259. The first-order valence-electron chi connectivity index (χ1n) is 5.80. The van der Waals surface area contributed by atoms with Gasteiger partial charge in [-0.1, -0.05) is 12.8 Å². The maximum absolute atomic E-state index is 8.98. The van der Waals surface area contributed by atoms with Crippen molar-refractivity contribution >= 4 is 0 Å². The first-order chi connectivity index (χ1) is 6.63. The van der Waals surface area contributed by atoms with E-state index in [1.165, 1.54) is 25.7 Å². The molecule has 2 fully saturated rings. The average Bonchev–Trinajstić information content (AvgIpc) is 2.70. The number of likely N-dealkylation sites (tertiary alicyclic amines) is 1. The van der Waals surface area contributed by atoms with Crippen molar-refractivity contribution in [2.24, 2.45) is 5.92 Å². The largest absolute Gasteiger partial charge is 0.294 e. The van der Waals surface area contributed by atoms with E-state index in [1.54, 1.807) is 0 Å². The van der Waals surface area contributed by atoms with Crippen LogP contribution in [0.25, 0.3) is 0 Å². The minimum Gasteiger partial charge on any atom is -0.294 e. The predicted octanol–water partition coefficient (Wildman–Crippen LogP) is 2.55. The van der Waals surface area contributed by atoms with Crippen LogP contribution in [0.3, 0.4) is 0 Å². The van der Waals surface area contributed by atoms with Gasteiger partial charge in [-0.25, -0.2) is 0 Å². The summed E-state index contributed by atoms with van der Waals surface area (Å²) in [5.41, 5.74) is 0.259. The van der Waals surface area contributed by atoms with Gasteiger partial charge in [0.05, 0.1) is 12.0 Å². The summed E-state index contributed by atoms with van der Waals surface area (Å²) in [6.07, 6.45) is 6.52. The Balaban J connectivity index is 2.07. The molecule has 1 aliphatic carbocycles. The van der Waals surface area contributed by atoms with Gasteiger partial charge in [0.1, 0.15) is 0 Å². The summed E-state index contributed by atoms with van der Waals surface area (Å²) in [7, 11) is 0. The van der Waals surface area contributed by atoms with Crippen LogP contribution in [-0.4, -0.2) is 23.0 Å². The van der Waals surface area contributed by atoms with Crippen LogP contribution in [0.2, 0.25) is 0 Å². The quantitative estimate of drug-likeness (QED) is 0.638. The highest BCUT2D eigenvalue weighted by molar-refractivity contribution is 5.03. The summed E-state index contributed by atoms with van der Waals surface area (Å²) < 4.78 is 0. The van der Waals surface area contributed by atoms with Crippen LogP contribution in [0.4, 0.5) is 0 Å². The van der Waals surface area contributed by atoms with E-state index in [2.05, 4.69) is 24.8 Å². The first-order valence-corrected chi connectivity index (χ1v) is 5.80. The Morgan fingerprint density at radius 3 is 2.43 bits per heavy atom. The summed E-state index contributed by atoms with van der Waals surface area (Å²) in [5, 5.41) is 8.98. The Morgan fingerprint density at radius 2 is 1.93 bits per heavy atom. The van der Waals surface area contributed by atoms with Gasteiger partial charge in [0.15, 0.2) is 0 Å². The van der Waals surface area contributed by atoms with Crippen molar-refractivity contribution in [3.8, 4) is 6.07 Å². The molecule has 1 atom stereocenters. The van der Waals surface area contributed by atoms with Gasteiger partial charge in [-0.2, -0.15) is 5.26 Å². The Labute approximate surface area is 86.9 Å². The Bertz CT molecular complexity index is 246. The fourth-order valence-corrected chi connectivity index (χ4v) is 3.22. The molecule has 1 saturated carbocycles. The predicted molar refractivity (Wildman–Crippen MR) is 56.8 cm³/mol. The van der Waals surface area contributed by atoms with Crippen LogP contribution in [0.5, 0.6) is 0 Å². The molecule has 0 aromatic heterocycles. The number of nitriles is 1. The van der Waals surface area contributed by atoms with Crippen LogP contribution in [-0.2, 0) is 0 Å². The molecule has 0 aromatic rings. The van der Waals surface area contributed by atoms with E-state index < -0.39 is 0 Å². The van der Waals surface area contributed by atoms with Crippen molar-refractivity contribution in [3.05, 3.63) is 0 Å². The van der Waals surface area contributed by atoms with Gasteiger partial charge in [-0.05, 0) is 33.1 Å². The number of hydrogen-bond donors (Lipinski definition) is 0. The summed E-state index contributed by atoms with van der Waals surface area (Å²) in [6, 6.07) is 3.20. The molecule has 0 amide bonds. The van der Waals surface area contributed by atoms with Crippen molar-refractivity contribution < 1.29 is 0 Å². The fourth-order valence-electron chi connectivity index (χ4n) is 3.22. The van der Waals surface area contributed by atoms with E-state index in [4.69, 9.17) is 5.26 Å². The SMILES string of the molecule is CC1(C)CC(C#N)CN1C1CCCC1. The monoisotopic (exact) mass is 192 g/mol. The Hall–Kier alpha value is -0.550. The van der Waals surface area contributed by atoms with E-state index in [1.807, 2.05) is 0 Å². The van der Waals surface area contributed by atoms with Crippen molar-refractivity contribution in [2.45, 2.75) is 57.5 Å². The molecule has 2 nitrogen and oxygen atoms in total. The molecule has 0 aromatic carbocycles. The van der Waals surface area contributed by atoms with Crippen molar-refractivity contribution in [1.29, 1.82) is 5.26 Å². The molecule has 1 aliphatic heterocycles. The maximum Gasteiger partial charge on any atom is 0.0670 e. The summed E-state index contributed by atoms with van der Waals surface area (Å²) >= 11 is 0. The third-order valence-corrected chi connectivity index (χ3v) is 3.89. The van der Waals surface area contributed by atoms with Gasteiger partial charge in [-0.15, -0.1) is 0 Å². The van der Waals surface area contributed by atoms with Crippen LogP contribution in [0.15, 0.2) is 0 Å². The molecule has 78 valence electrons. The summed E-state index contributed by atoms with van der Waals surface area (Å²) in [4.78, 5) is 2.59. The van der Waals surface area contributed by atoms with E-state index >= 15 is 0 Å². The smallest absolute Gasteiger partial charge is 0.0670 e. The minimum atomic E-state index is 0.259. The molecule has 0 N–H and O–H groups in total. The molecular weight excluding hydrogens is 172 g/mol. The average molecular weight is 192 g/mol. The molecule has 2 aliphatic rings. The van der Waals surface area contributed by atoms with Gasteiger partial charge < -0.3 is 0 Å². The lowest BCUT2D eigenvalue weighted by molar-refractivity contribution is 0.117. The van der Waals surface area contributed by atoms with Crippen LogP contribution in [0.1, 0.15) is 46.0 Å². The second-order valence-electron chi connectivity index (χ2n) is 5.43. The highest BCUT2D eigenvalue weighted by Gasteiger charge is 2.42. The van der Waals surface area contributed by atoms with Crippen LogP contribution in [0, 0.1) is 17.2 Å². The lowest BCUT2D eigenvalue weighted by Gasteiger charge is -2.36. The molecule has 0 radical (unpaired) electrons. The highest BCUT2D eigenvalue weighted by atomic mass is 15.2. The third kappa shape index (κ3) is 1.66. The lowest BCUT2D eigenvalue weighted by atomic mass is 9.96. The van der Waals surface area contributed by atoms with E-state index in [0.717, 1.165) is 19.0 Å². The maximum atomic E-state index is 8.98. The van der Waals surface area contributed by atoms with E-state index in [9.17, 15) is 0 Å². The number of hydrogen-bond acceptors (Lipinski definition) is 2. The second kappa shape index (κ2) is 3.55. The van der Waals surface area contributed by atoms with Gasteiger partial charge >= 0.3 is 0 Å². The molecule has 1 heterocycles. The summed E-state index contributed by atoms with van der Waals surface area (Å²) in [5.74, 6) is 0.269. The van der Waals surface area contributed by atoms with Crippen LogP contribution >= 0.6 is 0 Å². The van der Waals surface area contributed by atoms with Gasteiger partial charge in [-0.3, -0.25) is 4.90 Å². The zero-order valence-electron chi connectivity index (χ0n) is 9.29. The fraction of sp³-hybridized carbons (Fsp3) is 0.917. The molecule has 1 saturated heterocycles. The normalized spacial score (nSPS) is 33.4. The van der Waals surface area contributed by atoms with E-state index in [0.29, 0.717) is 0 Å². The third-order valence-electron chi connectivity index (χ3n) is 3.89. The zero-order valence-corrected chi connectivity index (χ0v) is 9.29. The molecule has 0 bridgehead atoms. The van der Waals surface area contributed by atoms with Gasteiger partial charge in [0, 0.05) is 18.1 Å². The van der Waals surface area contributed by atoms with Gasteiger partial charge in [0.2, 0.25) is 0 Å². The summed E-state index contributed by atoms with van der Waals surface area (Å²) in [6.45, 7) is 5.60. The van der Waals surface area contributed by atoms with Crippen LogP contribution < -0.4 is 0 Å². The molecule has 2 rings (SSSR count).